The van der Waals surface area contributed by atoms with Gasteiger partial charge in [0.1, 0.15) is 5.82 Å². The number of aliphatic imine (C=N–C) groups is 1. The lowest BCUT2D eigenvalue weighted by atomic mass is 10.2. The van der Waals surface area contributed by atoms with Crippen LogP contribution >= 0.6 is 24.0 Å². The summed E-state index contributed by atoms with van der Waals surface area (Å²) in [7, 11) is 1.80. The van der Waals surface area contributed by atoms with Crippen LogP contribution in [0.4, 0.5) is 5.82 Å². The molecule has 2 saturated heterocycles. The Labute approximate surface area is 210 Å². The second kappa shape index (κ2) is 13.5. The van der Waals surface area contributed by atoms with Gasteiger partial charge in [0.05, 0.1) is 24.9 Å². The summed E-state index contributed by atoms with van der Waals surface area (Å²) in [4.78, 5) is 13.8. The number of morpholine rings is 2. The Kier molecular flexibility index (Phi) is 11.4. The number of rotatable bonds is 7. The molecule has 1 aromatic rings. The van der Waals surface area contributed by atoms with Gasteiger partial charge in [-0.05, 0) is 31.4 Å². The Hall–Kier alpha value is -1.17. The van der Waals surface area contributed by atoms with Crippen LogP contribution in [0.25, 0.3) is 0 Å². The fourth-order valence-electron chi connectivity index (χ4n) is 4.28. The number of nitrogens with one attached hydrogen (secondary N) is 2. The quantitative estimate of drug-likeness (QED) is 0.301. The minimum Gasteiger partial charge on any atom is -0.374 e. The minimum absolute atomic E-state index is 0. The van der Waals surface area contributed by atoms with Crippen LogP contribution < -0.4 is 15.5 Å². The van der Waals surface area contributed by atoms with Gasteiger partial charge < -0.3 is 25.0 Å². The molecule has 3 rings (SSSR count). The first-order valence-corrected chi connectivity index (χ1v) is 11.6. The van der Waals surface area contributed by atoms with Gasteiger partial charge in [-0.2, -0.15) is 0 Å². The first kappa shape index (κ1) is 27.1. The van der Waals surface area contributed by atoms with Crippen molar-refractivity contribution in [2.75, 3.05) is 57.8 Å². The van der Waals surface area contributed by atoms with E-state index in [0.29, 0.717) is 12.5 Å². The fraction of sp³-hybridized carbons (Fsp3) is 0.739. The Morgan fingerprint density at radius 2 is 1.94 bits per heavy atom. The van der Waals surface area contributed by atoms with Gasteiger partial charge in [0, 0.05) is 59.1 Å². The van der Waals surface area contributed by atoms with Gasteiger partial charge in [-0.25, -0.2) is 4.98 Å². The number of pyridine rings is 1. The van der Waals surface area contributed by atoms with E-state index in [0.717, 1.165) is 63.2 Å². The maximum Gasteiger partial charge on any atom is 0.191 e. The average molecular weight is 561 g/mol. The summed E-state index contributed by atoms with van der Waals surface area (Å²) in [6.07, 6.45) is 2.58. The van der Waals surface area contributed by atoms with E-state index in [1.165, 1.54) is 0 Å². The first-order chi connectivity index (χ1) is 14.9. The maximum absolute atomic E-state index is 5.92. The molecule has 3 atom stereocenters. The Morgan fingerprint density at radius 3 is 2.56 bits per heavy atom. The van der Waals surface area contributed by atoms with Crippen molar-refractivity contribution in [3.8, 4) is 0 Å². The standard InChI is InChI=1S/C23H40N6O2.HI/c1-17(2)13-28-8-9-30-21(16-28)12-27-23(24-5)26-11-20-6-7-22(25-10-20)29-14-18(3)31-19(4)15-29;/h6-7,10,17-19,21H,8-9,11-16H2,1-5H3,(H2,24,26,27);1H. The van der Waals surface area contributed by atoms with Crippen molar-refractivity contribution in [2.45, 2.75) is 52.6 Å². The molecule has 0 radical (unpaired) electrons. The number of hydrogen-bond acceptors (Lipinski definition) is 6. The largest absolute Gasteiger partial charge is 0.374 e. The van der Waals surface area contributed by atoms with Crippen molar-refractivity contribution < 1.29 is 9.47 Å². The summed E-state index contributed by atoms with van der Waals surface area (Å²) in [6, 6.07) is 4.22. The highest BCUT2D eigenvalue weighted by Crippen LogP contribution is 2.18. The number of aromatic nitrogens is 1. The van der Waals surface area contributed by atoms with E-state index in [1.807, 2.05) is 6.20 Å². The molecule has 0 amide bonds. The third-order valence-corrected chi connectivity index (χ3v) is 5.58. The van der Waals surface area contributed by atoms with Crippen molar-refractivity contribution in [2.24, 2.45) is 10.9 Å². The highest BCUT2D eigenvalue weighted by Gasteiger charge is 2.23. The number of guanidine groups is 1. The lowest BCUT2D eigenvalue weighted by Gasteiger charge is -2.36. The molecule has 2 aliphatic rings. The van der Waals surface area contributed by atoms with Gasteiger partial charge in [0.2, 0.25) is 0 Å². The molecule has 0 saturated carbocycles. The summed E-state index contributed by atoms with van der Waals surface area (Å²) < 4.78 is 11.7. The van der Waals surface area contributed by atoms with Crippen LogP contribution in [0.1, 0.15) is 33.3 Å². The van der Waals surface area contributed by atoms with Crippen LogP contribution in [0.15, 0.2) is 23.3 Å². The third-order valence-electron chi connectivity index (χ3n) is 5.58. The molecule has 1 aromatic heterocycles. The molecule has 0 spiro atoms. The number of halogens is 1. The van der Waals surface area contributed by atoms with E-state index in [-0.39, 0.29) is 42.3 Å². The first-order valence-electron chi connectivity index (χ1n) is 11.6. The average Bonchev–Trinajstić information content (AvgIpc) is 2.73. The van der Waals surface area contributed by atoms with Gasteiger partial charge in [-0.3, -0.25) is 9.89 Å². The second-order valence-corrected chi connectivity index (χ2v) is 9.14. The van der Waals surface area contributed by atoms with E-state index in [9.17, 15) is 0 Å². The molecule has 9 heteroatoms. The Balaban J connectivity index is 0.00000363. The zero-order chi connectivity index (χ0) is 22.2. The molecule has 2 fully saturated rings. The van der Waals surface area contributed by atoms with E-state index < -0.39 is 0 Å². The molecule has 8 nitrogen and oxygen atoms in total. The molecule has 3 heterocycles. The molecule has 0 aromatic carbocycles. The summed E-state index contributed by atoms with van der Waals surface area (Å²) in [5.41, 5.74) is 1.12. The van der Waals surface area contributed by atoms with Crippen molar-refractivity contribution in [1.82, 2.24) is 20.5 Å². The monoisotopic (exact) mass is 560 g/mol. The molecule has 0 aliphatic carbocycles. The van der Waals surface area contributed by atoms with Crippen LogP contribution in [0.5, 0.6) is 0 Å². The smallest absolute Gasteiger partial charge is 0.191 e. The number of ether oxygens (including phenoxy) is 2. The van der Waals surface area contributed by atoms with Crippen molar-refractivity contribution >= 4 is 35.8 Å². The molecular weight excluding hydrogens is 519 g/mol. The highest BCUT2D eigenvalue weighted by atomic mass is 127. The zero-order valence-electron chi connectivity index (χ0n) is 20.2. The number of hydrogen-bond donors (Lipinski definition) is 2. The van der Waals surface area contributed by atoms with E-state index in [2.05, 4.69) is 70.2 Å². The zero-order valence-corrected chi connectivity index (χ0v) is 22.5. The fourth-order valence-corrected chi connectivity index (χ4v) is 4.28. The Morgan fingerprint density at radius 1 is 1.19 bits per heavy atom. The topological polar surface area (TPSA) is 74.2 Å². The van der Waals surface area contributed by atoms with Crippen molar-refractivity contribution in [3.05, 3.63) is 23.9 Å². The maximum atomic E-state index is 5.92. The highest BCUT2D eigenvalue weighted by molar-refractivity contribution is 14.0. The van der Waals surface area contributed by atoms with E-state index in [1.54, 1.807) is 7.05 Å². The molecule has 2 N–H and O–H groups in total. The lowest BCUT2D eigenvalue weighted by Crippen LogP contribution is -2.50. The van der Waals surface area contributed by atoms with Crippen LogP contribution in [-0.2, 0) is 16.0 Å². The van der Waals surface area contributed by atoms with Gasteiger partial charge in [-0.15, -0.1) is 24.0 Å². The summed E-state index contributed by atoms with van der Waals surface area (Å²) in [5, 5.41) is 6.78. The molecule has 3 unspecified atom stereocenters. The molecule has 32 heavy (non-hydrogen) atoms. The van der Waals surface area contributed by atoms with Gasteiger partial charge in [-0.1, -0.05) is 19.9 Å². The number of anilines is 1. The van der Waals surface area contributed by atoms with Crippen LogP contribution in [0.3, 0.4) is 0 Å². The number of nitrogens with zero attached hydrogens (tertiary/aromatic N) is 4. The van der Waals surface area contributed by atoms with Gasteiger partial charge in [0.15, 0.2) is 5.96 Å². The van der Waals surface area contributed by atoms with E-state index in [4.69, 9.17) is 9.47 Å². The predicted octanol–water partition coefficient (Wildman–Crippen LogP) is 2.34. The molecule has 182 valence electrons. The van der Waals surface area contributed by atoms with E-state index >= 15 is 0 Å². The normalized spacial score (nSPS) is 24.9. The minimum atomic E-state index is 0. The lowest BCUT2D eigenvalue weighted by molar-refractivity contribution is -0.0284. The van der Waals surface area contributed by atoms with Gasteiger partial charge in [0.25, 0.3) is 0 Å². The molecule has 2 aliphatic heterocycles. The summed E-state index contributed by atoms with van der Waals surface area (Å²) in [6.45, 7) is 15.8. The van der Waals surface area contributed by atoms with Crippen LogP contribution in [-0.4, -0.2) is 87.1 Å². The molecule has 0 bridgehead atoms. The third kappa shape index (κ3) is 8.64. The summed E-state index contributed by atoms with van der Waals surface area (Å²) in [5.74, 6) is 2.47. The van der Waals surface area contributed by atoms with Crippen LogP contribution in [0.2, 0.25) is 0 Å². The second-order valence-electron chi connectivity index (χ2n) is 9.14. The summed E-state index contributed by atoms with van der Waals surface area (Å²) >= 11 is 0. The Bertz CT molecular complexity index is 692. The SMILES string of the molecule is CN=C(NCc1ccc(N2CC(C)OC(C)C2)nc1)NCC1CN(CC(C)C)CCO1.I. The van der Waals surface area contributed by atoms with Crippen molar-refractivity contribution in [3.63, 3.8) is 0 Å². The predicted molar refractivity (Wildman–Crippen MR) is 141 cm³/mol. The molecular formula is C23H41IN6O2. The van der Waals surface area contributed by atoms with Crippen LogP contribution in [0, 0.1) is 5.92 Å². The van der Waals surface area contributed by atoms with Crippen molar-refractivity contribution in [1.29, 1.82) is 0 Å². The van der Waals surface area contributed by atoms with Gasteiger partial charge >= 0.3 is 0 Å².